The van der Waals surface area contributed by atoms with Gasteiger partial charge in [-0.15, -0.1) is 11.6 Å². The molecule has 1 aromatic heterocycles. The first-order valence-electron chi connectivity index (χ1n) is 7.80. The molecule has 0 aliphatic heterocycles. The molecule has 0 atom stereocenters. The Morgan fingerprint density at radius 2 is 2.19 bits per heavy atom. The minimum atomic E-state index is 0.456. The molecule has 3 rings (SSSR count). The summed E-state index contributed by atoms with van der Waals surface area (Å²) in [5.74, 6) is 2.60. The summed E-state index contributed by atoms with van der Waals surface area (Å²) < 4.78 is 7.75. The largest absolute Gasteiger partial charge is 0.497 e. The molecule has 0 unspecified atom stereocenters. The standard InChI is InChI=1S/C17H23ClN2O/c1-3-17(8-4-9-17)12-20-15-11-13(21-2)5-6-14(15)19-16(20)7-10-18/h5-6,11H,3-4,7-10,12H2,1-2H3. The highest BCUT2D eigenvalue weighted by Gasteiger charge is 2.36. The number of alkyl halides is 1. The highest BCUT2D eigenvalue weighted by Crippen LogP contribution is 2.46. The van der Waals surface area contributed by atoms with Crippen LogP contribution in [0.15, 0.2) is 18.2 Å². The average Bonchev–Trinajstić information content (AvgIpc) is 2.80. The van der Waals surface area contributed by atoms with Crippen LogP contribution in [0.25, 0.3) is 11.0 Å². The number of aryl methyl sites for hydroxylation is 1. The van der Waals surface area contributed by atoms with Gasteiger partial charge in [-0.2, -0.15) is 0 Å². The number of hydrogen-bond acceptors (Lipinski definition) is 2. The fraction of sp³-hybridized carbons (Fsp3) is 0.588. The Morgan fingerprint density at radius 3 is 2.76 bits per heavy atom. The van der Waals surface area contributed by atoms with Gasteiger partial charge < -0.3 is 9.30 Å². The van der Waals surface area contributed by atoms with E-state index in [2.05, 4.69) is 17.6 Å². The fourth-order valence-electron chi connectivity index (χ4n) is 3.37. The second-order valence-electron chi connectivity index (χ2n) is 6.11. The lowest BCUT2D eigenvalue weighted by Gasteiger charge is -2.42. The van der Waals surface area contributed by atoms with Crippen molar-refractivity contribution in [2.45, 2.75) is 45.6 Å². The predicted molar refractivity (Wildman–Crippen MR) is 87.3 cm³/mol. The number of fused-ring (bicyclic) bond motifs is 1. The molecule has 4 heteroatoms. The predicted octanol–water partition coefficient (Wildman–Crippen LogP) is 4.41. The molecule has 0 radical (unpaired) electrons. The molecular weight excluding hydrogens is 284 g/mol. The molecule has 0 N–H and O–H groups in total. The van der Waals surface area contributed by atoms with Crippen molar-refractivity contribution in [3.05, 3.63) is 24.0 Å². The van der Waals surface area contributed by atoms with Crippen LogP contribution in [0.5, 0.6) is 5.75 Å². The minimum Gasteiger partial charge on any atom is -0.497 e. The molecule has 3 nitrogen and oxygen atoms in total. The molecule has 0 bridgehead atoms. The number of halogens is 1. The van der Waals surface area contributed by atoms with Crippen LogP contribution in [0, 0.1) is 5.41 Å². The molecule has 1 heterocycles. The zero-order chi connectivity index (χ0) is 14.9. The third-order valence-electron chi connectivity index (χ3n) is 5.01. The second kappa shape index (κ2) is 5.88. The van der Waals surface area contributed by atoms with Gasteiger partial charge in [0.05, 0.1) is 18.1 Å². The van der Waals surface area contributed by atoms with Crippen LogP contribution < -0.4 is 4.74 Å². The molecule has 1 aromatic carbocycles. The molecule has 0 saturated heterocycles. The highest BCUT2D eigenvalue weighted by atomic mass is 35.5. The normalized spacial score (nSPS) is 16.9. The van der Waals surface area contributed by atoms with E-state index in [1.807, 2.05) is 12.1 Å². The summed E-state index contributed by atoms with van der Waals surface area (Å²) in [4.78, 5) is 4.78. The van der Waals surface area contributed by atoms with Crippen molar-refractivity contribution < 1.29 is 4.74 Å². The maximum absolute atomic E-state index is 5.97. The third-order valence-corrected chi connectivity index (χ3v) is 5.20. The molecule has 1 fully saturated rings. The van der Waals surface area contributed by atoms with E-state index >= 15 is 0 Å². The first-order chi connectivity index (χ1) is 10.2. The van der Waals surface area contributed by atoms with Gasteiger partial charge in [0.2, 0.25) is 0 Å². The van der Waals surface area contributed by atoms with Gasteiger partial charge in [-0.25, -0.2) is 4.98 Å². The van der Waals surface area contributed by atoms with Crippen molar-refractivity contribution in [1.29, 1.82) is 0 Å². The van der Waals surface area contributed by atoms with Crippen molar-refractivity contribution in [2.24, 2.45) is 5.41 Å². The van der Waals surface area contributed by atoms with Crippen LogP contribution in [0.2, 0.25) is 0 Å². The van der Waals surface area contributed by atoms with E-state index in [0.29, 0.717) is 11.3 Å². The SMILES string of the molecule is CCC1(Cn2c(CCCl)nc3ccc(OC)cc32)CCC1. The number of ether oxygens (including phenoxy) is 1. The molecule has 1 aliphatic carbocycles. The lowest BCUT2D eigenvalue weighted by Crippen LogP contribution is -2.34. The van der Waals surface area contributed by atoms with Gasteiger partial charge in [0.1, 0.15) is 11.6 Å². The summed E-state index contributed by atoms with van der Waals surface area (Å²) in [7, 11) is 1.71. The molecular formula is C17H23ClN2O. The Morgan fingerprint density at radius 1 is 1.38 bits per heavy atom. The number of nitrogens with zero attached hydrogens (tertiary/aromatic N) is 2. The van der Waals surface area contributed by atoms with E-state index < -0.39 is 0 Å². The fourth-order valence-corrected chi connectivity index (χ4v) is 3.54. The van der Waals surface area contributed by atoms with Crippen LogP contribution in [-0.2, 0) is 13.0 Å². The lowest BCUT2D eigenvalue weighted by atomic mass is 9.67. The van der Waals surface area contributed by atoms with Crippen LogP contribution >= 0.6 is 11.6 Å². The first-order valence-corrected chi connectivity index (χ1v) is 8.34. The van der Waals surface area contributed by atoms with E-state index in [1.165, 1.54) is 31.2 Å². The molecule has 21 heavy (non-hydrogen) atoms. The topological polar surface area (TPSA) is 27.1 Å². The maximum Gasteiger partial charge on any atom is 0.121 e. The molecule has 2 aromatic rings. The van der Waals surface area contributed by atoms with E-state index in [0.717, 1.165) is 30.1 Å². The molecule has 1 aliphatic rings. The number of aromatic nitrogens is 2. The van der Waals surface area contributed by atoms with Crippen LogP contribution in [0.4, 0.5) is 0 Å². The van der Waals surface area contributed by atoms with Crippen LogP contribution in [-0.4, -0.2) is 22.5 Å². The number of benzene rings is 1. The average molecular weight is 307 g/mol. The number of hydrogen-bond donors (Lipinski definition) is 0. The number of rotatable bonds is 6. The van der Waals surface area contributed by atoms with Gasteiger partial charge in [-0.1, -0.05) is 13.3 Å². The summed E-state index contributed by atoms with van der Waals surface area (Å²) >= 11 is 5.97. The summed E-state index contributed by atoms with van der Waals surface area (Å²) in [6.07, 6.45) is 6.06. The molecule has 0 spiro atoms. The van der Waals surface area contributed by atoms with Crippen molar-refractivity contribution in [1.82, 2.24) is 9.55 Å². The zero-order valence-electron chi connectivity index (χ0n) is 12.9. The Hall–Kier alpha value is -1.22. The number of imidazole rings is 1. The summed E-state index contributed by atoms with van der Waals surface area (Å²) in [6, 6.07) is 6.12. The van der Waals surface area contributed by atoms with Gasteiger partial charge in [-0.3, -0.25) is 0 Å². The van der Waals surface area contributed by atoms with E-state index in [9.17, 15) is 0 Å². The summed E-state index contributed by atoms with van der Waals surface area (Å²) in [5.41, 5.74) is 2.67. The monoisotopic (exact) mass is 306 g/mol. The molecule has 0 amide bonds. The Balaban J connectivity index is 2.05. The molecule has 1 saturated carbocycles. The lowest BCUT2D eigenvalue weighted by molar-refractivity contribution is 0.101. The van der Waals surface area contributed by atoms with E-state index in [4.69, 9.17) is 21.3 Å². The van der Waals surface area contributed by atoms with E-state index in [-0.39, 0.29) is 0 Å². The summed E-state index contributed by atoms with van der Waals surface area (Å²) in [5, 5.41) is 0. The third kappa shape index (κ3) is 2.64. The minimum absolute atomic E-state index is 0.456. The van der Waals surface area contributed by atoms with Crippen LogP contribution in [0.3, 0.4) is 0 Å². The van der Waals surface area contributed by atoms with Crippen molar-refractivity contribution >= 4 is 22.6 Å². The Kier molecular flexibility index (Phi) is 4.12. The molecule has 114 valence electrons. The zero-order valence-corrected chi connectivity index (χ0v) is 13.6. The quantitative estimate of drug-likeness (QED) is 0.739. The van der Waals surface area contributed by atoms with Crippen molar-refractivity contribution in [3.8, 4) is 5.75 Å². The van der Waals surface area contributed by atoms with Crippen molar-refractivity contribution in [3.63, 3.8) is 0 Å². The first kappa shape index (κ1) is 14.7. The van der Waals surface area contributed by atoms with Gasteiger partial charge in [0.15, 0.2) is 0 Å². The van der Waals surface area contributed by atoms with Crippen LogP contribution in [0.1, 0.15) is 38.4 Å². The highest BCUT2D eigenvalue weighted by molar-refractivity contribution is 6.17. The van der Waals surface area contributed by atoms with Gasteiger partial charge in [0, 0.05) is 24.9 Å². The van der Waals surface area contributed by atoms with Gasteiger partial charge >= 0.3 is 0 Å². The summed E-state index contributed by atoms with van der Waals surface area (Å²) in [6.45, 7) is 3.36. The van der Waals surface area contributed by atoms with Crippen molar-refractivity contribution in [2.75, 3.05) is 13.0 Å². The Labute approximate surface area is 131 Å². The number of methoxy groups -OCH3 is 1. The van der Waals surface area contributed by atoms with E-state index in [1.54, 1.807) is 7.11 Å². The maximum atomic E-state index is 5.97. The second-order valence-corrected chi connectivity index (χ2v) is 6.49. The van der Waals surface area contributed by atoms with Gasteiger partial charge in [-0.05, 0) is 36.8 Å². The Bertz CT molecular complexity index is 625. The smallest absolute Gasteiger partial charge is 0.121 e. The van der Waals surface area contributed by atoms with Gasteiger partial charge in [0.25, 0.3) is 0 Å².